The summed E-state index contributed by atoms with van der Waals surface area (Å²) in [6, 6.07) is 2.20. The van der Waals surface area contributed by atoms with Gasteiger partial charge in [-0.25, -0.2) is 8.78 Å². The summed E-state index contributed by atoms with van der Waals surface area (Å²) in [5, 5.41) is 2.85. The monoisotopic (exact) mass is 272 g/mol. The molecule has 0 amide bonds. The Hall–Kier alpha value is -1.23. The van der Waals surface area contributed by atoms with Crippen molar-refractivity contribution in [1.82, 2.24) is 0 Å². The molecule has 0 aromatic heterocycles. The molecular weight excluding hydrogens is 254 g/mol. The maximum absolute atomic E-state index is 13.8. The molecule has 0 saturated carbocycles. The lowest BCUT2D eigenvalue weighted by Crippen LogP contribution is -2.31. The third-order valence-electron chi connectivity index (χ3n) is 2.99. The number of halogens is 2. The first-order chi connectivity index (χ1) is 8.12. The van der Waals surface area contributed by atoms with E-state index in [0.717, 1.165) is 12.1 Å². The molecule has 5 heteroatoms. The van der Waals surface area contributed by atoms with Crippen molar-refractivity contribution in [3.05, 3.63) is 29.3 Å². The van der Waals surface area contributed by atoms with E-state index < -0.39 is 11.6 Å². The third-order valence-corrected chi connectivity index (χ3v) is 3.22. The molecule has 3 N–H and O–H groups in total. The molecule has 0 aliphatic carbocycles. The van der Waals surface area contributed by atoms with Crippen molar-refractivity contribution in [1.29, 1.82) is 0 Å². The predicted octanol–water partition coefficient (Wildman–Crippen LogP) is 3.45. The Balaban J connectivity index is 3.08. The van der Waals surface area contributed by atoms with Gasteiger partial charge in [0.1, 0.15) is 22.3 Å². The average molecular weight is 272 g/mol. The number of hydrogen-bond donors (Lipinski definition) is 2. The fourth-order valence-electron chi connectivity index (χ4n) is 1.29. The predicted molar refractivity (Wildman–Crippen MR) is 74.8 cm³/mol. The van der Waals surface area contributed by atoms with E-state index in [2.05, 4.69) is 5.32 Å². The van der Waals surface area contributed by atoms with Gasteiger partial charge < -0.3 is 11.1 Å². The maximum atomic E-state index is 13.8. The van der Waals surface area contributed by atoms with Crippen molar-refractivity contribution in [3.8, 4) is 0 Å². The first-order valence-corrected chi connectivity index (χ1v) is 6.09. The van der Waals surface area contributed by atoms with Crippen LogP contribution in [-0.4, -0.2) is 11.0 Å². The van der Waals surface area contributed by atoms with Crippen molar-refractivity contribution in [2.24, 2.45) is 11.1 Å². The average Bonchev–Trinajstić information content (AvgIpc) is 2.21. The van der Waals surface area contributed by atoms with E-state index in [1.807, 2.05) is 27.7 Å². The Morgan fingerprint density at radius 1 is 1.28 bits per heavy atom. The highest BCUT2D eigenvalue weighted by molar-refractivity contribution is 7.80. The van der Waals surface area contributed by atoms with Gasteiger partial charge in [-0.2, -0.15) is 0 Å². The number of hydrogen-bond acceptors (Lipinski definition) is 2. The van der Waals surface area contributed by atoms with Gasteiger partial charge in [-0.3, -0.25) is 0 Å². The van der Waals surface area contributed by atoms with Crippen molar-refractivity contribution in [2.45, 2.75) is 33.7 Å². The van der Waals surface area contributed by atoms with Crippen LogP contribution in [0.5, 0.6) is 0 Å². The fourth-order valence-corrected chi connectivity index (χ4v) is 1.40. The third kappa shape index (κ3) is 3.38. The summed E-state index contributed by atoms with van der Waals surface area (Å²) < 4.78 is 27.6. The van der Waals surface area contributed by atoms with Crippen LogP contribution >= 0.6 is 12.2 Å². The first kappa shape index (κ1) is 14.8. The molecule has 1 atom stereocenters. The van der Waals surface area contributed by atoms with Gasteiger partial charge >= 0.3 is 0 Å². The van der Waals surface area contributed by atoms with Gasteiger partial charge in [0, 0.05) is 11.6 Å². The van der Waals surface area contributed by atoms with Gasteiger partial charge in [0.05, 0.1) is 0 Å². The standard InChI is InChI=1S/C13H18F2N2S/c1-7(13(2,3)4)17-11-9(14)5-8(12(16)18)6-10(11)15/h5-7,17H,1-4H3,(H2,16,18). The van der Waals surface area contributed by atoms with Gasteiger partial charge in [-0.1, -0.05) is 33.0 Å². The highest BCUT2D eigenvalue weighted by Crippen LogP contribution is 2.27. The lowest BCUT2D eigenvalue weighted by atomic mass is 9.88. The molecule has 0 radical (unpaired) electrons. The van der Waals surface area contributed by atoms with Crippen molar-refractivity contribution in [2.75, 3.05) is 5.32 Å². The highest BCUT2D eigenvalue weighted by Gasteiger charge is 2.22. The Kier molecular flexibility index (Phi) is 4.27. The van der Waals surface area contributed by atoms with Gasteiger partial charge in [0.15, 0.2) is 0 Å². The van der Waals surface area contributed by atoms with E-state index in [9.17, 15) is 8.78 Å². The molecule has 1 aromatic rings. The van der Waals surface area contributed by atoms with Gasteiger partial charge in [0.2, 0.25) is 0 Å². The number of nitrogens with one attached hydrogen (secondary N) is 1. The normalized spacial score (nSPS) is 13.2. The Morgan fingerprint density at radius 2 is 1.72 bits per heavy atom. The second kappa shape index (κ2) is 5.18. The summed E-state index contributed by atoms with van der Waals surface area (Å²) in [5.74, 6) is -1.37. The number of thiocarbonyl (C=S) groups is 1. The zero-order chi connectivity index (χ0) is 14.1. The molecule has 100 valence electrons. The van der Waals surface area contributed by atoms with Crippen molar-refractivity contribution < 1.29 is 8.78 Å². The van der Waals surface area contributed by atoms with Crippen LogP contribution in [0.2, 0.25) is 0 Å². The zero-order valence-corrected chi connectivity index (χ0v) is 11.8. The molecule has 18 heavy (non-hydrogen) atoms. The van der Waals surface area contributed by atoms with Gasteiger partial charge in [-0.05, 0) is 24.5 Å². The molecule has 1 aromatic carbocycles. The van der Waals surface area contributed by atoms with E-state index in [4.69, 9.17) is 18.0 Å². The van der Waals surface area contributed by atoms with E-state index in [-0.39, 0.29) is 27.7 Å². The number of benzene rings is 1. The van der Waals surface area contributed by atoms with Crippen LogP contribution in [0.25, 0.3) is 0 Å². The quantitative estimate of drug-likeness (QED) is 0.828. The second-order valence-electron chi connectivity index (χ2n) is 5.41. The van der Waals surface area contributed by atoms with E-state index in [0.29, 0.717) is 0 Å². The van der Waals surface area contributed by atoms with Gasteiger partial charge in [-0.15, -0.1) is 0 Å². The summed E-state index contributed by atoms with van der Waals surface area (Å²) in [4.78, 5) is -0.0248. The lowest BCUT2D eigenvalue weighted by Gasteiger charge is -2.29. The van der Waals surface area contributed by atoms with Crippen molar-refractivity contribution in [3.63, 3.8) is 0 Å². The van der Waals surface area contributed by atoms with Gasteiger partial charge in [0.25, 0.3) is 0 Å². The topological polar surface area (TPSA) is 38.0 Å². The molecule has 1 rings (SSSR count). The van der Waals surface area contributed by atoms with Crippen LogP contribution in [0.4, 0.5) is 14.5 Å². The van der Waals surface area contributed by atoms with Crippen LogP contribution in [0.15, 0.2) is 12.1 Å². The number of rotatable bonds is 3. The summed E-state index contributed by atoms with van der Waals surface area (Å²) in [7, 11) is 0. The first-order valence-electron chi connectivity index (χ1n) is 5.68. The molecule has 0 saturated heterocycles. The smallest absolute Gasteiger partial charge is 0.150 e. The minimum atomic E-state index is -0.686. The molecule has 2 nitrogen and oxygen atoms in total. The fraction of sp³-hybridized carbons (Fsp3) is 0.462. The largest absolute Gasteiger partial charge is 0.389 e. The molecular formula is C13H18F2N2S. The Morgan fingerprint density at radius 3 is 2.06 bits per heavy atom. The summed E-state index contributed by atoms with van der Waals surface area (Å²) in [6.07, 6.45) is 0. The molecule has 0 spiro atoms. The minimum Gasteiger partial charge on any atom is -0.389 e. The molecule has 1 unspecified atom stereocenters. The lowest BCUT2D eigenvalue weighted by molar-refractivity contribution is 0.357. The number of nitrogens with two attached hydrogens (primary N) is 1. The highest BCUT2D eigenvalue weighted by atomic mass is 32.1. The molecule has 0 fully saturated rings. The summed E-state index contributed by atoms with van der Waals surface area (Å²) in [6.45, 7) is 7.85. The molecule has 0 aliphatic heterocycles. The van der Waals surface area contributed by atoms with Crippen LogP contribution < -0.4 is 11.1 Å². The molecule has 0 heterocycles. The maximum Gasteiger partial charge on any atom is 0.150 e. The van der Waals surface area contributed by atoms with E-state index in [1.165, 1.54) is 0 Å². The van der Waals surface area contributed by atoms with Crippen LogP contribution in [0.3, 0.4) is 0 Å². The SMILES string of the molecule is CC(Nc1c(F)cc(C(N)=S)cc1F)C(C)(C)C. The molecule has 0 aliphatic rings. The zero-order valence-electron chi connectivity index (χ0n) is 11.0. The second-order valence-corrected chi connectivity index (χ2v) is 5.85. The minimum absolute atomic E-state index is 0.0248. The Bertz CT molecular complexity index is 444. The number of anilines is 1. The van der Waals surface area contributed by atoms with Crippen LogP contribution in [0.1, 0.15) is 33.3 Å². The summed E-state index contributed by atoms with van der Waals surface area (Å²) in [5.41, 5.74) is 5.29. The summed E-state index contributed by atoms with van der Waals surface area (Å²) >= 11 is 4.70. The molecule has 0 bridgehead atoms. The van der Waals surface area contributed by atoms with E-state index in [1.54, 1.807) is 0 Å². The van der Waals surface area contributed by atoms with Crippen molar-refractivity contribution >= 4 is 22.9 Å². The van der Waals surface area contributed by atoms with Crippen LogP contribution in [-0.2, 0) is 0 Å². The van der Waals surface area contributed by atoms with E-state index >= 15 is 0 Å². The van der Waals surface area contributed by atoms with Crippen LogP contribution in [0, 0.1) is 17.0 Å². The Labute approximate surface area is 112 Å².